The van der Waals surface area contributed by atoms with E-state index >= 15 is 0 Å². The van der Waals surface area contributed by atoms with Crippen LogP contribution in [0.1, 0.15) is 21.5 Å². The number of hydrogen-bond acceptors (Lipinski definition) is 4. The summed E-state index contributed by atoms with van der Waals surface area (Å²) >= 11 is 5.79. The van der Waals surface area contributed by atoms with Crippen molar-refractivity contribution in [1.29, 1.82) is 5.26 Å². The molecule has 1 aromatic heterocycles. The molecule has 0 saturated carbocycles. The SMILES string of the molecule is N#Cc1cc(F)c(Nc2cccc3c2C(=O)NC3)nc1Cl. The van der Waals surface area contributed by atoms with Gasteiger partial charge in [0, 0.05) is 6.54 Å². The molecule has 0 saturated heterocycles. The maximum atomic E-state index is 13.9. The molecule has 0 fully saturated rings. The highest BCUT2D eigenvalue weighted by atomic mass is 35.5. The van der Waals surface area contributed by atoms with Crippen LogP contribution in [0.5, 0.6) is 0 Å². The molecule has 1 amide bonds. The summed E-state index contributed by atoms with van der Waals surface area (Å²) in [6, 6.07) is 7.97. The third kappa shape index (κ3) is 2.28. The number of amides is 1. The lowest BCUT2D eigenvalue weighted by atomic mass is 10.1. The van der Waals surface area contributed by atoms with Gasteiger partial charge < -0.3 is 10.6 Å². The van der Waals surface area contributed by atoms with E-state index in [1.54, 1.807) is 18.2 Å². The minimum Gasteiger partial charge on any atom is -0.348 e. The first-order valence-electron chi connectivity index (χ1n) is 6.03. The standard InChI is InChI=1S/C14H8ClFN4O/c15-12-8(5-17)4-9(16)13(20-12)19-10-3-1-2-7-6-18-14(21)11(7)10/h1-4H,6H2,(H,18,21)(H,19,20). The van der Waals surface area contributed by atoms with Crippen molar-refractivity contribution in [2.75, 3.05) is 5.32 Å². The summed E-state index contributed by atoms with van der Waals surface area (Å²) in [4.78, 5) is 15.6. The van der Waals surface area contributed by atoms with E-state index in [0.717, 1.165) is 11.6 Å². The Bertz CT molecular complexity index is 800. The summed E-state index contributed by atoms with van der Waals surface area (Å²) in [6.45, 7) is 0.438. The topological polar surface area (TPSA) is 77.8 Å². The largest absolute Gasteiger partial charge is 0.348 e. The van der Waals surface area contributed by atoms with Crippen molar-refractivity contribution in [1.82, 2.24) is 10.3 Å². The Balaban J connectivity index is 2.03. The van der Waals surface area contributed by atoms with Crippen LogP contribution in [0.3, 0.4) is 0 Å². The number of benzene rings is 1. The minimum absolute atomic E-state index is 0.0456. The summed E-state index contributed by atoms with van der Waals surface area (Å²) in [6.07, 6.45) is 0. The highest BCUT2D eigenvalue weighted by molar-refractivity contribution is 6.30. The van der Waals surface area contributed by atoms with Gasteiger partial charge in [-0.25, -0.2) is 9.37 Å². The summed E-state index contributed by atoms with van der Waals surface area (Å²) in [7, 11) is 0. The first-order valence-corrected chi connectivity index (χ1v) is 6.41. The molecule has 0 spiro atoms. The van der Waals surface area contributed by atoms with Gasteiger partial charge in [0.05, 0.1) is 16.8 Å². The molecule has 0 atom stereocenters. The van der Waals surface area contributed by atoms with Crippen LogP contribution in [0.25, 0.3) is 0 Å². The van der Waals surface area contributed by atoms with E-state index in [1.165, 1.54) is 0 Å². The van der Waals surface area contributed by atoms with Crippen molar-refractivity contribution in [3.8, 4) is 6.07 Å². The molecule has 2 N–H and O–H groups in total. The van der Waals surface area contributed by atoms with E-state index in [2.05, 4.69) is 15.6 Å². The van der Waals surface area contributed by atoms with Crippen LogP contribution in [0.15, 0.2) is 24.3 Å². The van der Waals surface area contributed by atoms with Crippen LogP contribution in [0, 0.1) is 17.1 Å². The second kappa shape index (κ2) is 5.04. The quantitative estimate of drug-likeness (QED) is 0.836. The molecule has 0 aliphatic carbocycles. The van der Waals surface area contributed by atoms with Gasteiger partial charge in [0.1, 0.15) is 11.2 Å². The average molecular weight is 303 g/mol. The first-order chi connectivity index (χ1) is 10.1. The maximum Gasteiger partial charge on any atom is 0.254 e. The van der Waals surface area contributed by atoms with Gasteiger partial charge >= 0.3 is 0 Å². The Morgan fingerprint density at radius 3 is 3.05 bits per heavy atom. The summed E-state index contributed by atoms with van der Waals surface area (Å²) in [5.41, 5.74) is 1.68. The van der Waals surface area contributed by atoms with E-state index in [0.29, 0.717) is 17.8 Å². The van der Waals surface area contributed by atoms with E-state index in [4.69, 9.17) is 16.9 Å². The van der Waals surface area contributed by atoms with Gasteiger partial charge in [0.15, 0.2) is 11.6 Å². The number of anilines is 2. The van der Waals surface area contributed by atoms with Gasteiger partial charge in [-0.2, -0.15) is 5.26 Å². The van der Waals surface area contributed by atoms with Crippen molar-refractivity contribution in [3.05, 3.63) is 51.9 Å². The van der Waals surface area contributed by atoms with Crippen LogP contribution in [0.2, 0.25) is 5.15 Å². The Morgan fingerprint density at radius 2 is 2.29 bits per heavy atom. The van der Waals surface area contributed by atoms with Gasteiger partial charge in [-0.15, -0.1) is 0 Å². The van der Waals surface area contributed by atoms with Crippen LogP contribution in [-0.2, 0) is 6.54 Å². The summed E-state index contributed by atoms with van der Waals surface area (Å²) in [5, 5.41) is 14.1. The fourth-order valence-electron chi connectivity index (χ4n) is 2.14. The Labute approximate surface area is 124 Å². The van der Waals surface area contributed by atoms with Crippen molar-refractivity contribution in [3.63, 3.8) is 0 Å². The number of nitriles is 1. The fourth-order valence-corrected chi connectivity index (χ4v) is 2.33. The predicted octanol–water partition coefficient (Wildman–Crippen LogP) is 2.73. The second-order valence-corrected chi connectivity index (χ2v) is 4.77. The van der Waals surface area contributed by atoms with Gasteiger partial charge in [-0.1, -0.05) is 23.7 Å². The number of rotatable bonds is 2. The molecule has 3 rings (SSSR count). The van der Waals surface area contributed by atoms with Gasteiger partial charge in [-0.3, -0.25) is 4.79 Å². The van der Waals surface area contributed by atoms with Crippen LogP contribution >= 0.6 is 11.6 Å². The Hall–Kier alpha value is -2.65. The number of fused-ring (bicyclic) bond motifs is 1. The molecule has 1 aliphatic heterocycles. The van der Waals surface area contributed by atoms with Crippen molar-refractivity contribution < 1.29 is 9.18 Å². The molecule has 0 unspecified atom stereocenters. The smallest absolute Gasteiger partial charge is 0.254 e. The average Bonchev–Trinajstić information content (AvgIpc) is 2.85. The molecule has 0 radical (unpaired) electrons. The summed E-state index contributed by atoms with van der Waals surface area (Å²) < 4.78 is 13.9. The van der Waals surface area contributed by atoms with Crippen molar-refractivity contribution >= 4 is 29.0 Å². The zero-order valence-electron chi connectivity index (χ0n) is 10.6. The molecule has 0 bridgehead atoms. The highest BCUT2D eigenvalue weighted by Crippen LogP contribution is 2.28. The minimum atomic E-state index is -0.716. The molecule has 104 valence electrons. The molecule has 1 aliphatic rings. The Morgan fingerprint density at radius 1 is 1.48 bits per heavy atom. The van der Waals surface area contributed by atoms with E-state index in [1.807, 2.05) is 6.07 Å². The van der Waals surface area contributed by atoms with Gasteiger partial charge in [0.25, 0.3) is 5.91 Å². The third-order valence-corrected chi connectivity index (χ3v) is 3.41. The van der Waals surface area contributed by atoms with Gasteiger partial charge in [-0.05, 0) is 17.7 Å². The number of carbonyl (C=O) groups is 1. The molecule has 7 heteroatoms. The predicted molar refractivity (Wildman–Crippen MR) is 74.8 cm³/mol. The van der Waals surface area contributed by atoms with Crippen molar-refractivity contribution in [2.45, 2.75) is 6.54 Å². The lowest BCUT2D eigenvalue weighted by Gasteiger charge is -2.10. The highest BCUT2D eigenvalue weighted by Gasteiger charge is 2.23. The summed E-state index contributed by atoms with van der Waals surface area (Å²) in [5.74, 6) is -1.08. The lowest BCUT2D eigenvalue weighted by molar-refractivity contribution is 0.0966. The zero-order valence-corrected chi connectivity index (χ0v) is 11.3. The zero-order chi connectivity index (χ0) is 15.0. The fraction of sp³-hybridized carbons (Fsp3) is 0.0714. The number of halogens is 2. The number of aromatic nitrogens is 1. The van der Waals surface area contributed by atoms with Gasteiger partial charge in [0.2, 0.25) is 0 Å². The third-order valence-electron chi connectivity index (χ3n) is 3.12. The molecular weight excluding hydrogens is 295 g/mol. The number of carbonyl (C=O) groups excluding carboxylic acids is 1. The van der Waals surface area contributed by atoms with E-state index in [9.17, 15) is 9.18 Å². The Kier molecular flexibility index (Phi) is 3.20. The van der Waals surface area contributed by atoms with E-state index < -0.39 is 5.82 Å². The molecule has 2 heterocycles. The maximum absolute atomic E-state index is 13.9. The molecule has 5 nitrogen and oxygen atoms in total. The number of nitrogens with one attached hydrogen (secondary N) is 2. The van der Waals surface area contributed by atoms with Crippen molar-refractivity contribution in [2.24, 2.45) is 0 Å². The first kappa shape index (κ1) is 13.3. The monoisotopic (exact) mass is 302 g/mol. The van der Waals surface area contributed by atoms with E-state index in [-0.39, 0.29) is 22.4 Å². The number of nitrogens with zero attached hydrogens (tertiary/aromatic N) is 2. The lowest BCUT2D eigenvalue weighted by Crippen LogP contribution is -2.13. The van der Waals surface area contributed by atoms with Crippen LogP contribution in [-0.4, -0.2) is 10.9 Å². The molecule has 21 heavy (non-hydrogen) atoms. The number of hydrogen-bond donors (Lipinski definition) is 2. The molecular formula is C14H8ClFN4O. The normalized spacial score (nSPS) is 12.5. The second-order valence-electron chi connectivity index (χ2n) is 4.42. The van der Waals surface area contributed by atoms with Crippen LogP contribution < -0.4 is 10.6 Å². The molecule has 1 aromatic carbocycles. The van der Waals surface area contributed by atoms with Crippen LogP contribution in [0.4, 0.5) is 15.9 Å². The number of pyridine rings is 1. The molecule has 2 aromatic rings.